The van der Waals surface area contributed by atoms with Gasteiger partial charge in [0.2, 0.25) is 0 Å². The van der Waals surface area contributed by atoms with Crippen molar-refractivity contribution in [1.29, 1.82) is 5.26 Å². The second-order valence-electron chi connectivity index (χ2n) is 4.90. The summed E-state index contributed by atoms with van der Waals surface area (Å²) >= 11 is 0. The number of nitriles is 1. The molecule has 0 spiro atoms. The molecule has 2 atom stereocenters. The van der Waals surface area contributed by atoms with E-state index in [-0.39, 0.29) is 23.7 Å². The highest BCUT2D eigenvalue weighted by atomic mass is 16.6. The Morgan fingerprint density at radius 2 is 2.25 bits per heavy atom. The molecule has 0 bridgehead atoms. The number of carboxylic acids is 1. The maximum Gasteiger partial charge on any atom is 0.308 e. The van der Waals surface area contributed by atoms with Crippen LogP contribution in [0, 0.1) is 33.3 Å². The average Bonchev–Trinajstić information content (AvgIpc) is 2.80. The number of carboxylic acid groups (broad SMARTS) is 1. The summed E-state index contributed by atoms with van der Waals surface area (Å²) < 4.78 is 0. The number of hydrogen-bond donors (Lipinski definition) is 1. The number of nitro benzene ring substituents is 1. The van der Waals surface area contributed by atoms with Gasteiger partial charge >= 0.3 is 5.97 Å². The minimum Gasteiger partial charge on any atom is -0.481 e. The molecular formula is C13H13N3O4. The lowest BCUT2D eigenvalue weighted by atomic mass is 9.99. The van der Waals surface area contributed by atoms with Crippen LogP contribution in [0.4, 0.5) is 11.4 Å². The van der Waals surface area contributed by atoms with Gasteiger partial charge in [0.1, 0.15) is 5.69 Å². The maximum atomic E-state index is 11.1. The number of aliphatic carboxylic acids is 1. The molecule has 1 aliphatic rings. The lowest BCUT2D eigenvalue weighted by molar-refractivity contribution is -0.384. The molecule has 1 heterocycles. The quantitative estimate of drug-likeness (QED) is 0.663. The number of benzene rings is 1. The Hall–Kier alpha value is -2.62. The van der Waals surface area contributed by atoms with Gasteiger partial charge in [-0.2, -0.15) is 5.26 Å². The molecule has 7 nitrogen and oxygen atoms in total. The number of nitrogens with zero attached hydrogens (tertiary/aromatic N) is 3. The van der Waals surface area contributed by atoms with Crippen LogP contribution in [0.1, 0.15) is 12.5 Å². The Kier molecular flexibility index (Phi) is 3.57. The van der Waals surface area contributed by atoms with Crippen LogP contribution in [0.2, 0.25) is 0 Å². The van der Waals surface area contributed by atoms with E-state index in [1.165, 1.54) is 18.2 Å². The molecule has 0 saturated carbocycles. The van der Waals surface area contributed by atoms with Crippen LogP contribution in [-0.2, 0) is 4.79 Å². The molecule has 20 heavy (non-hydrogen) atoms. The van der Waals surface area contributed by atoms with Gasteiger partial charge in [-0.05, 0) is 18.1 Å². The number of hydrogen-bond acceptors (Lipinski definition) is 5. The maximum absolute atomic E-state index is 11.1. The number of nitro groups is 1. The van der Waals surface area contributed by atoms with E-state index < -0.39 is 16.8 Å². The molecule has 1 aliphatic heterocycles. The molecule has 0 amide bonds. The Morgan fingerprint density at radius 3 is 2.75 bits per heavy atom. The van der Waals surface area contributed by atoms with E-state index >= 15 is 0 Å². The summed E-state index contributed by atoms with van der Waals surface area (Å²) in [6.07, 6.45) is 0. The summed E-state index contributed by atoms with van der Waals surface area (Å²) in [5, 5.41) is 29.0. The van der Waals surface area contributed by atoms with E-state index in [9.17, 15) is 14.9 Å². The molecule has 7 heteroatoms. The van der Waals surface area contributed by atoms with Crippen molar-refractivity contribution in [3.8, 4) is 6.07 Å². The molecule has 104 valence electrons. The minimum absolute atomic E-state index is 0.0808. The second kappa shape index (κ2) is 5.17. The van der Waals surface area contributed by atoms with Crippen molar-refractivity contribution in [2.45, 2.75) is 6.92 Å². The van der Waals surface area contributed by atoms with E-state index in [1.807, 2.05) is 13.0 Å². The van der Waals surface area contributed by atoms with Crippen molar-refractivity contribution in [2.75, 3.05) is 18.0 Å². The van der Waals surface area contributed by atoms with E-state index in [4.69, 9.17) is 10.4 Å². The SMILES string of the molecule is CC1CN(c2ccc(C#N)cc2[N+](=O)[O-])CC1C(=O)O. The average molecular weight is 275 g/mol. The molecule has 0 aromatic heterocycles. The molecule has 1 fully saturated rings. The predicted octanol–water partition coefficient (Wildman–Crippen LogP) is 1.62. The van der Waals surface area contributed by atoms with Crippen molar-refractivity contribution in [2.24, 2.45) is 11.8 Å². The highest BCUT2D eigenvalue weighted by Gasteiger charge is 2.36. The summed E-state index contributed by atoms with van der Waals surface area (Å²) in [5.41, 5.74) is 0.411. The van der Waals surface area contributed by atoms with Crippen molar-refractivity contribution in [1.82, 2.24) is 0 Å². The van der Waals surface area contributed by atoms with E-state index in [0.717, 1.165) is 0 Å². The first-order valence-electron chi connectivity index (χ1n) is 6.10. The Morgan fingerprint density at radius 1 is 1.55 bits per heavy atom. The smallest absolute Gasteiger partial charge is 0.308 e. The Bertz CT molecular complexity index is 608. The lowest BCUT2D eigenvalue weighted by Gasteiger charge is -2.18. The second-order valence-corrected chi connectivity index (χ2v) is 4.90. The highest BCUT2D eigenvalue weighted by molar-refractivity contribution is 5.74. The topological polar surface area (TPSA) is 107 Å². The number of carbonyl (C=O) groups is 1. The van der Waals surface area contributed by atoms with Crippen LogP contribution in [0.3, 0.4) is 0 Å². The first-order chi connectivity index (χ1) is 9.43. The van der Waals surface area contributed by atoms with Gasteiger partial charge in [-0.15, -0.1) is 0 Å². The van der Waals surface area contributed by atoms with Gasteiger partial charge in [0.05, 0.1) is 22.5 Å². The van der Waals surface area contributed by atoms with Gasteiger partial charge in [0.15, 0.2) is 0 Å². The highest BCUT2D eigenvalue weighted by Crippen LogP contribution is 2.34. The number of anilines is 1. The normalized spacial score (nSPS) is 21.5. The van der Waals surface area contributed by atoms with E-state index in [2.05, 4.69) is 0 Å². The molecule has 0 radical (unpaired) electrons. The van der Waals surface area contributed by atoms with Crippen molar-refractivity contribution in [3.05, 3.63) is 33.9 Å². The third kappa shape index (κ3) is 2.40. The van der Waals surface area contributed by atoms with Gasteiger partial charge in [-0.3, -0.25) is 14.9 Å². The van der Waals surface area contributed by atoms with Gasteiger partial charge in [0, 0.05) is 19.2 Å². The van der Waals surface area contributed by atoms with Crippen LogP contribution in [0.15, 0.2) is 18.2 Å². The fraction of sp³-hybridized carbons (Fsp3) is 0.385. The Labute approximate surface area is 115 Å². The summed E-state index contributed by atoms with van der Waals surface area (Å²) in [6.45, 7) is 2.50. The zero-order valence-electron chi connectivity index (χ0n) is 10.8. The zero-order valence-corrected chi connectivity index (χ0v) is 10.8. The monoisotopic (exact) mass is 275 g/mol. The van der Waals surface area contributed by atoms with Crippen LogP contribution in [-0.4, -0.2) is 29.1 Å². The first kappa shape index (κ1) is 13.8. The molecule has 1 aromatic carbocycles. The fourth-order valence-electron chi connectivity index (χ4n) is 2.49. The van der Waals surface area contributed by atoms with Crippen LogP contribution < -0.4 is 4.90 Å². The molecule has 1 saturated heterocycles. The summed E-state index contributed by atoms with van der Waals surface area (Å²) in [6, 6.07) is 6.08. The molecular weight excluding hydrogens is 262 g/mol. The van der Waals surface area contributed by atoms with E-state index in [0.29, 0.717) is 12.2 Å². The summed E-state index contributed by atoms with van der Waals surface area (Å²) in [4.78, 5) is 23.4. The molecule has 2 unspecified atom stereocenters. The summed E-state index contributed by atoms with van der Waals surface area (Å²) in [5.74, 6) is -1.51. The van der Waals surface area contributed by atoms with Gasteiger partial charge in [0.25, 0.3) is 5.69 Å². The molecule has 1 N–H and O–H groups in total. The van der Waals surface area contributed by atoms with Crippen LogP contribution in [0.25, 0.3) is 0 Å². The van der Waals surface area contributed by atoms with Crippen molar-refractivity contribution in [3.63, 3.8) is 0 Å². The lowest BCUT2D eigenvalue weighted by Crippen LogP contribution is -2.23. The van der Waals surface area contributed by atoms with E-state index in [1.54, 1.807) is 4.90 Å². The summed E-state index contributed by atoms with van der Waals surface area (Å²) in [7, 11) is 0. The standard InChI is InChI=1S/C13H13N3O4/c1-8-6-15(7-10(8)13(17)18)11-3-2-9(5-14)4-12(11)16(19)20/h2-4,8,10H,6-7H2,1H3,(H,17,18). The first-order valence-corrected chi connectivity index (χ1v) is 6.10. The molecule has 0 aliphatic carbocycles. The van der Waals surface area contributed by atoms with Crippen LogP contribution >= 0.6 is 0 Å². The van der Waals surface area contributed by atoms with Gasteiger partial charge < -0.3 is 10.0 Å². The van der Waals surface area contributed by atoms with Crippen LogP contribution in [0.5, 0.6) is 0 Å². The fourth-order valence-corrected chi connectivity index (χ4v) is 2.49. The Balaban J connectivity index is 2.37. The van der Waals surface area contributed by atoms with Gasteiger partial charge in [-0.25, -0.2) is 0 Å². The predicted molar refractivity (Wildman–Crippen MR) is 70.3 cm³/mol. The third-order valence-corrected chi connectivity index (χ3v) is 3.57. The molecule has 1 aromatic rings. The van der Waals surface area contributed by atoms with Gasteiger partial charge in [-0.1, -0.05) is 6.92 Å². The van der Waals surface area contributed by atoms with Crippen molar-refractivity contribution < 1.29 is 14.8 Å². The van der Waals surface area contributed by atoms with Crippen molar-refractivity contribution >= 4 is 17.3 Å². The minimum atomic E-state index is -0.892. The largest absolute Gasteiger partial charge is 0.481 e. The third-order valence-electron chi connectivity index (χ3n) is 3.57. The number of rotatable bonds is 3. The molecule has 2 rings (SSSR count). The zero-order chi connectivity index (χ0) is 14.9.